The van der Waals surface area contributed by atoms with Gasteiger partial charge in [-0.05, 0) is 37.5 Å². The molecule has 0 spiro atoms. The van der Waals surface area contributed by atoms with E-state index in [1.54, 1.807) is 6.08 Å². The molecule has 0 bridgehead atoms. The third-order valence-electron chi connectivity index (χ3n) is 4.65. The van der Waals surface area contributed by atoms with Crippen LogP contribution < -0.4 is 10.1 Å². The summed E-state index contributed by atoms with van der Waals surface area (Å²) >= 11 is 0. The van der Waals surface area contributed by atoms with E-state index < -0.39 is 0 Å². The van der Waals surface area contributed by atoms with E-state index in [0.717, 1.165) is 42.3 Å². The zero-order valence-electron chi connectivity index (χ0n) is 16.3. The Kier molecular flexibility index (Phi) is 7.00. The van der Waals surface area contributed by atoms with Crippen LogP contribution >= 0.6 is 0 Å². The average Bonchev–Trinajstić information content (AvgIpc) is 3.12. The molecule has 2 heterocycles. The summed E-state index contributed by atoms with van der Waals surface area (Å²) in [5.41, 5.74) is 1.65. The van der Waals surface area contributed by atoms with Gasteiger partial charge in [-0.25, -0.2) is 4.98 Å². The maximum Gasteiger partial charge on any atom is 0.244 e. The van der Waals surface area contributed by atoms with Crippen molar-refractivity contribution in [2.24, 2.45) is 0 Å². The van der Waals surface area contributed by atoms with Crippen LogP contribution in [0, 0.1) is 0 Å². The number of likely N-dealkylation sites (tertiary alicyclic amines) is 1. The number of pyridine rings is 1. The predicted molar refractivity (Wildman–Crippen MR) is 110 cm³/mol. The number of nitrogens with zero attached hydrogens (tertiary/aromatic N) is 2. The van der Waals surface area contributed by atoms with Crippen LogP contribution in [-0.2, 0) is 9.59 Å². The first-order valence-corrected chi connectivity index (χ1v) is 9.93. The average molecular weight is 381 g/mol. The van der Waals surface area contributed by atoms with Crippen molar-refractivity contribution >= 4 is 28.8 Å². The molecule has 3 rings (SSSR count). The van der Waals surface area contributed by atoms with Crippen LogP contribution in [0.5, 0.6) is 5.88 Å². The van der Waals surface area contributed by atoms with Crippen LogP contribution in [0.2, 0.25) is 0 Å². The first-order chi connectivity index (χ1) is 13.7. The Morgan fingerprint density at radius 2 is 2.21 bits per heavy atom. The van der Waals surface area contributed by atoms with Gasteiger partial charge in [0.1, 0.15) is 0 Å². The Balaban J connectivity index is 1.57. The molecule has 1 aliphatic heterocycles. The lowest BCUT2D eigenvalue weighted by atomic mass is 10.1. The lowest BCUT2D eigenvalue weighted by Crippen LogP contribution is -2.29. The first kappa shape index (κ1) is 19.9. The highest BCUT2D eigenvalue weighted by atomic mass is 16.5. The van der Waals surface area contributed by atoms with Crippen LogP contribution in [0.3, 0.4) is 0 Å². The van der Waals surface area contributed by atoms with Gasteiger partial charge < -0.3 is 15.0 Å². The highest BCUT2D eigenvalue weighted by Crippen LogP contribution is 2.23. The van der Waals surface area contributed by atoms with Gasteiger partial charge >= 0.3 is 0 Å². The molecule has 0 atom stereocenters. The summed E-state index contributed by atoms with van der Waals surface area (Å²) in [5.74, 6) is 0.592. The molecular formula is C22H27N3O3. The van der Waals surface area contributed by atoms with E-state index in [-0.39, 0.29) is 11.8 Å². The third kappa shape index (κ3) is 5.31. The molecule has 1 aliphatic rings. The Hall–Kier alpha value is -2.89. The van der Waals surface area contributed by atoms with E-state index in [1.807, 2.05) is 42.2 Å². The van der Waals surface area contributed by atoms with Gasteiger partial charge in [0, 0.05) is 43.1 Å². The van der Waals surface area contributed by atoms with E-state index in [2.05, 4.69) is 10.3 Å². The number of para-hydroxylation sites is 1. The molecule has 0 aliphatic carbocycles. The Morgan fingerprint density at radius 1 is 1.36 bits per heavy atom. The van der Waals surface area contributed by atoms with E-state index >= 15 is 0 Å². The van der Waals surface area contributed by atoms with Crippen molar-refractivity contribution in [1.29, 1.82) is 0 Å². The summed E-state index contributed by atoms with van der Waals surface area (Å²) in [6.45, 7) is 4.70. The van der Waals surface area contributed by atoms with E-state index in [4.69, 9.17) is 4.74 Å². The maximum absolute atomic E-state index is 12.1. The highest BCUT2D eigenvalue weighted by molar-refractivity contribution is 5.93. The molecular weight excluding hydrogens is 354 g/mol. The SMILES string of the molecule is CCCOc1nc2ccccc2cc1/C=C/C(=O)NCCCN1CCCC1=O. The number of amides is 2. The summed E-state index contributed by atoms with van der Waals surface area (Å²) in [6, 6.07) is 9.82. The number of rotatable bonds is 9. The molecule has 6 nitrogen and oxygen atoms in total. The summed E-state index contributed by atoms with van der Waals surface area (Å²) < 4.78 is 5.76. The largest absolute Gasteiger partial charge is 0.477 e. The number of fused-ring (bicyclic) bond motifs is 1. The topological polar surface area (TPSA) is 71.5 Å². The number of aromatic nitrogens is 1. The minimum Gasteiger partial charge on any atom is -0.477 e. The molecule has 2 aromatic rings. The number of benzene rings is 1. The second-order valence-electron chi connectivity index (χ2n) is 6.89. The van der Waals surface area contributed by atoms with Crippen molar-refractivity contribution in [3.63, 3.8) is 0 Å². The quantitative estimate of drug-likeness (QED) is 0.535. The standard InChI is InChI=1S/C22H27N3O3/c1-2-15-28-22-18(16-17-7-3-4-8-19(17)24-22)10-11-20(26)23-12-6-14-25-13-5-9-21(25)27/h3-4,7-8,10-11,16H,2,5-6,9,12-15H2,1H3,(H,23,26)/b11-10+. The lowest BCUT2D eigenvalue weighted by molar-refractivity contribution is -0.127. The minimum atomic E-state index is -0.164. The smallest absolute Gasteiger partial charge is 0.244 e. The van der Waals surface area contributed by atoms with Gasteiger partial charge in [-0.2, -0.15) is 0 Å². The van der Waals surface area contributed by atoms with Gasteiger partial charge in [-0.1, -0.05) is 25.1 Å². The van der Waals surface area contributed by atoms with E-state index in [1.165, 1.54) is 6.08 Å². The molecule has 28 heavy (non-hydrogen) atoms. The van der Waals surface area contributed by atoms with Crippen LogP contribution in [0.15, 0.2) is 36.4 Å². The van der Waals surface area contributed by atoms with Gasteiger partial charge in [0.25, 0.3) is 0 Å². The fourth-order valence-electron chi connectivity index (χ4n) is 3.19. The summed E-state index contributed by atoms with van der Waals surface area (Å²) in [5, 5.41) is 3.87. The summed E-state index contributed by atoms with van der Waals surface area (Å²) in [4.78, 5) is 30.1. The third-order valence-corrected chi connectivity index (χ3v) is 4.65. The van der Waals surface area contributed by atoms with Crippen molar-refractivity contribution in [3.8, 4) is 5.88 Å². The normalized spacial score (nSPS) is 14.2. The second kappa shape index (κ2) is 9.88. The summed E-state index contributed by atoms with van der Waals surface area (Å²) in [6.07, 6.45) is 6.48. The highest BCUT2D eigenvalue weighted by Gasteiger charge is 2.18. The zero-order valence-corrected chi connectivity index (χ0v) is 16.3. The maximum atomic E-state index is 12.1. The van der Waals surface area contributed by atoms with Crippen molar-refractivity contribution in [3.05, 3.63) is 42.0 Å². The number of carbonyl (C=O) groups excluding carboxylic acids is 2. The van der Waals surface area contributed by atoms with Gasteiger partial charge in [-0.3, -0.25) is 9.59 Å². The molecule has 1 aromatic heterocycles. The summed E-state index contributed by atoms with van der Waals surface area (Å²) in [7, 11) is 0. The van der Waals surface area contributed by atoms with E-state index in [0.29, 0.717) is 32.0 Å². The van der Waals surface area contributed by atoms with Gasteiger partial charge in [0.05, 0.1) is 12.1 Å². The van der Waals surface area contributed by atoms with Gasteiger partial charge in [0.15, 0.2) is 0 Å². The van der Waals surface area contributed by atoms with Crippen LogP contribution in [0.25, 0.3) is 17.0 Å². The fraction of sp³-hybridized carbons (Fsp3) is 0.409. The molecule has 1 N–H and O–H groups in total. The number of hydrogen-bond donors (Lipinski definition) is 1. The van der Waals surface area contributed by atoms with Crippen LogP contribution in [0.4, 0.5) is 0 Å². The number of ether oxygens (including phenoxy) is 1. The predicted octanol–water partition coefficient (Wildman–Crippen LogP) is 3.17. The number of carbonyl (C=O) groups is 2. The van der Waals surface area contributed by atoms with Crippen molar-refractivity contribution in [1.82, 2.24) is 15.2 Å². The first-order valence-electron chi connectivity index (χ1n) is 9.93. The van der Waals surface area contributed by atoms with Crippen molar-refractivity contribution in [2.45, 2.75) is 32.6 Å². The van der Waals surface area contributed by atoms with Gasteiger partial charge in [-0.15, -0.1) is 0 Å². The minimum absolute atomic E-state index is 0.164. The monoisotopic (exact) mass is 381 g/mol. The van der Waals surface area contributed by atoms with Crippen LogP contribution in [0.1, 0.15) is 38.2 Å². The molecule has 0 saturated carbocycles. The second-order valence-corrected chi connectivity index (χ2v) is 6.89. The molecule has 2 amide bonds. The molecule has 1 fully saturated rings. The van der Waals surface area contributed by atoms with E-state index in [9.17, 15) is 9.59 Å². The fourth-order valence-corrected chi connectivity index (χ4v) is 3.19. The molecule has 6 heteroatoms. The molecule has 0 radical (unpaired) electrons. The molecule has 0 unspecified atom stereocenters. The Labute approximate surface area is 165 Å². The lowest BCUT2D eigenvalue weighted by Gasteiger charge is -2.14. The Bertz CT molecular complexity index is 863. The Morgan fingerprint density at radius 3 is 3.00 bits per heavy atom. The molecule has 1 saturated heterocycles. The van der Waals surface area contributed by atoms with Gasteiger partial charge in [0.2, 0.25) is 17.7 Å². The number of hydrogen-bond acceptors (Lipinski definition) is 4. The van der Waals surface area contributed by atoms with Crippen LogP contribution in [-0.4, -0.2) is 47.9 Å². The number of nitrogens with one attached hydrogen (secondary N) is 1. The van der Waals surface area contributed by atoms with Crippen molar-refractivity contribution in [2.75, 3.05) is 26.2 Å². The molecule has 148 valence electrons. The molecule has 1 aromatic carbocycles. The zero-order chi connectivity index (χ0) is 19.8. The van der Waals surface area contributed by atoms with Crippen molar-refractivity contribution < 1.29 is 14.3 Å².